The highest BCUT2D eigenvalue weighted by molar-refractivity contribution is 5.47. The van der Waals surface area contributed by atoms with Crippen molar-refractivity contribution >= 4 is 5.69 Å². The molecule has 0 saturated heterocycles. The first-order valence-corrected chi connectivity index (χ1v) is 6.74. The van der Waals surface area contributed by atoms with Crippen LogP contribution < -0.4 is 10.5 Å². The maximum absolute atomic E-state index is 5.88. The molecule has 0 fully saturated rings. The summed E-state index contributed by atoms with van der Waals surface area (Å²) in [6, 6.07) is 14.5. The molecular weight excluding hydrogens is 248 g/mol. The van der Waals surface area contributed by atoms with E-state index in [1.165, 1.54) is 11.1 Å². The molecule has 0 amide bonds. The molecule has 0 aliphatic heterocycles. The van der Waals surface area contributed by atoms with Crippen molar-refractivity contribution in [3.63, 3.8) is 0 Å². The quantitative estimate of drug-likeness (QED) is 0.848. The van der Waals surface area contributed by atoms with Crippen molar-refractivity contribution in [3.8, 4) is 5.75 Å². The second-order valence-corrected chi connectivity index (χ2v) is 5.27. The first-order chi connectivity index (χ1) is 9.56. The normalized spacial score (nSPS) is 10.8. The molecule has 2 N–H and O–H groups in total. The van der Waals surface area contributed by atoms with E-state index in [0.29, 0.717) is 0 Å². The highest BCUT2D eigenvalue weighted by Gasteiger charge is 2.04. The molecule has 0 radical (unpaired) electrons. The summed E-state index contributed by atoms with van der Waals surface area (Å²) >= 11 is 0. The van der Waals surface area contributed by atoms with Crippen LogP contribution in [0.1, 0.15) is 16.7 Å². The number of nitrogens with zero attached hydrogens (tertiary/aromatic N) is 1. The molecule has 0 heterocycles. The summed E-state index contributed by atoms with van der Waals surface area (Å²) in [7, 11) is 3.77. The van der Waals surface area contributed by atoms with Gasteiger partial charge >= 0.3 is 0 Å². The Bertz CT molecular complexity index is 564. The van der Waals surface area contributed by atoms with Gasteiger partial charge in [-0.3, -0.25) is 4.90 Å². The SMILES string of the molecule is COc1cc(N)cc(CN(C)Cc2ccc(C)cc2)c1. The van der Waals surface area contributed by atoms with Gasteiger partial charge in [0.05, 0.1) is 7.11 Å². The molecule has 0 aliphatic carbocycles. The molecular formula is C17H22N2O. The van der Waals surface area contributed by atoms with Crippen LogP contribution in [0.25, 0.3) is 0 Å². The molecule has 106 valence electrons. The first kappa shape index (κ1) is 14.4. The molecule has 0 bridgehead atoms. The molecule has 3 nitrogen and oxygen atoms in total. The van der Waals surface area contributed by atoms with Gasteiger partial charge in [-0.1, -0.05) is 29.8 Å². The Balaban J connectivity index is 2.02. The van der Waals surface area contributed by atoms with Gasteiger partial charge in [0, 0.05) is 24.8 Å². The van der Waals surface area contributed by atoms with Crippen LogP contribution in [-0.2, 0) is 13.1 Å². The van der Waals surface area contributed by atoms with Gasteiger partial charge in [0.15, 0.2) is 0 Å². The van der Waals surface area contributed by atoms with Crippen LogP contribution in [0.5, 0.6) is 5.75 Å². The van der Waals surface area contributed by atoms with Gasteiger partial charge in [0.2, 0.25) is 0 Å². The minimum Gasteiger partial charge on any atom is -0.497 e. The minimum absolute atomic E-state index is 0.739. The summed E-state index contributed by atoms with van der Waals surface area (Å²) in [6.07, 6.45) is 0. The van der Waals surface area contributed by atoms with Gasteiger partial charge < -0.3 is 10.5 Å². The average Bonchev–Trinajstić information content (AvgIpc) is 2.40. The van der Waals surface area contributed by atoms with Crippen LogP contribution >= 0.6 is 0 Å². The van der Waals surface area contributed by atoms with Crippen molar-refractivity contribution in [2.24, 2.45) is 0 Å². The molecule has 20 heavy (non-hydrogen) atoms. The fraction of sp³-hybridized carbons (Fsp3) is 0.294. The number of ether oxygens (including phenoxy) is 1. The van der Waals surface area contributed by atoms with Crippen LogP contribution in [0, 0.1) is 6.92 Å². The number of hydrogen-bond acceptors (Lipinski definition) is 3. The van der Waals surface area contributed by atoms with E-state index in [4.69, 9.17) is 10.5 Å². The maximum atomic E-state index is 5.88. The highest BCUT2D eigenvalue weighted by Crippen LogP contribution is 2.20. The standard InChI is InChI=1S/C17H22N2O/c1-13-4-6-14(7-5-13)11-19(2)12-15-8-16(18)10-17(9-15)20-3/h4-10H,11-12,18H2,1-3H3. The first-order valence-electron chi connectivity index (χ1n) is 6.74. The van der Waals surface area contributed by atoms with Crippen molar-refractivity contribution in [2.75, 3.05) is 19.9 Å². The summed E-state index contributed by atoms with van der Waals surface area (Å²) in [6.45, 7) is 3.86. The Morgan fingerprint density at radius 3 is 2.30 bits per heavy atom. The number of aryl methyl sites for hydroxylation is 1. The van der Waals surface area contributed by atoms with Crippen molar-refractivity contribution in [3.05, 3.63) is 59.2 Å². The average molecular weight is 270 g/mol. The van der Waals surface area contributed by atoms with Crippen LogP contribution in [0.15, 0.2) is 42.5 Å². The van der Waals surface area contributed by atoms with Gasteiger partial charge in [-0.25, -0.2) is 0 Å². The molecule has 0 spiro atoms. The predicted molar refractivity (Wildman–Crippen MR) is 83.8 cm³/mol. The molecule has 0 atom stereocenters. The van der Waals surface area contributed by atoms with Crippen molar-refractivity contribution in [1.82, 2.24) is 4.90 Å². The lowest BCUT2D eigenvalue weighted by atomic mass is 10.1. The van der Waals surface area contributed by atoms with E-state index in [1.807, 2.05) is 18.2 Å². The largest absolute Gasteiger partial charge is 0.497 e. The van der Waals surface area contributed by atoms with E-state index in [-0.39, 0.29) is 0 Å². The molecule has 2 rings (SSSR count). The Morgan fingerprint density at radius 1 is 1.00 bits per heavy atom. The molecule has 2 aromatic carbocycles. The third-order valence-corrected chi connectivity index (χ3v) is 3.25. The zero-order chi connectivity index (χ0) is 14.5. The van der Waals surface area contributed by atoms with Crippen molar-refractivity contribution in [2.45, 2.75) is 20.0 Å². The van der Waals surface area contributed by atoms with Gasteiger partial charge in [-0.15, -0.1) is 0 Å². The zero-order valence-electron chi connectivity index (χ0n) is 12.4. The van der Waals surface area contributed by atoms with Crippen molar-refractivity contribution < 1.29 is 4.74 Å². The van der Waals surface area contributed by atoms with Crippen LogP contribution in [-0.4, -0.2) is 19.1 Å². The summed E-state index contributed by atoms with van der Waals surface area (Å²) in [5.41, 5.74) is 10.4. The summed E-state index contributed by atoms with van der Waals surface area (Å²) < 4.78 is 5.25. The van der Waals surface area contributed by atoms with Gasteiger partial charge in [0.25, 0.3) is 0 Å². The lowest BCUT2D eigenvalue weighted by molar-refractivity contribution is 0.318. The zero-order valence-corrected chi connectivity index (χ0v) is 12.4. The highest BCUT2D eigenvalue weighted by atomic mass is 16.5. The third-order valence-electron chi connectivity index (χ3n) is 3.25. The number of rotatable bonds is 5. The smallest absolute Gasteiger partial charge is 0.121 e. The molecule has 0 aliphatic rings. The van der Waals surface area contributed by atoms with E-state index in [1.54, 1.807) is 7.11 Å². The number of methoxy groups -OCH3 is 1. The van der Waals surface area contributed by atoms with Gasteiger partial charge in [-0.05, 0) is 37.2 Å². The summed E-state index contributed by atoms with van der Waals surface area (Å²) in [5.74, 6) is 0.809. The fourth-order valence-corrected chi connectivity index (χ4v) is 2.27. The summed E-state index contributed by atoms with van der Waals surface area (Å²) in [5, 5.41) is 0. The van der Waals surface area contributed by atoms with Gasteiger partial charge in [0.1, 0.15) is 5.75 Å². The van der Waals surface area contributed by atoms with Gasteiger partial charge in [-0.2, -0.15) is 0 Å². The van der Waals surface area contributed by atoms with E-state index < -0.39 is 0 Å². The molecule has 0 unspecified atom stereocenters. The molecule has 3 heteroatoms. The molecule has 2 aromatic rings. The van der Waals surface area contributed by atoms with Crippen LogP contribution in [0.4, 0.5) is 5.69 Å². The monoisotopic (exact) mass is 270 g/mol. The number of hydrogen-bond donors (Lipinski definition) is 1. The van der Waals surface area contributed by atoms with Crippen LogP contribution in [0.2, 0.25) is 0 Å². The Kier molecular flexibility index (Phi) is 4.64. The number of benzene rings is 2. The minimum atomic E-state index is 0.739. The lowest BCUT2D eigenvalue weighted by Gasteiger charge is -2.17. The number of nitrogens with two attached hydrogens (primary N) is 1. The molecule has 0 aromatic heterocycles. The Hall–Kier alpha value is -2.00. The second-order valence-electron chi connectivity index (χ2n) is 5.27. The van der Waals surface area contributed by atoms with Crippen LogP contribution in [0.3, 0.4) is 0 Å². The van der Waals surface area contributed by atoms with E-state index >= 15 is 0 Å². The predicted octanol–water partition coefficient (Wildman–Crippen LogP) is 3.22. The lowest BCUT2D eigenvalue weighted by Crippen LogP contribution is -2.17. The van der Waals surface area contributed by atoms with E-state index in [0.717, 1.165) is 30.1 Å². The fourth-order valence-electron chi connectivity index (χ4n) is 2.27. The topological polar surface area (TPSA) is 38.5 Å². The Morgan fingerprint density at radius 2 is 1.65 bits per heavy atom. The maximum Gasteiger partial charge on any atom is 0.121 e. The Labute approximate surface area is 121 Å². The van der Waals surface area contributed by atoms with E-state index in [2.05, 4.69) is 43.1 Å². The third kappa shape index (κ3) is 4.00. The van der Waals surface area contributed by atoms with Crippen molar-refractivity contribution in [1.29, 1.82) is 0 Å². The number of nitrogen functional groups attached to an aromatic ring is 1. The summed E-state index contributed by atoms with van der Waals surface area (Å²) in [4.78, 5) is 2.26. The number of anilines is 1. The molecule has 0 saturated carbocycles. The van der Waals surface area contributed by atoms with E-state index in [9.17, 15) is 0 Å². The second kappa shape index (κ2) is 6.44.